The Kier molecular flexibility index (Phi) is 2.61. The Morgan fingerprint density at radius 1 is 1.43 bits per heavy atom. The second-order valence-corrected chi connectivity index (χ2v) is 4.31. The Balaban J connectivity index is 2.57. The van der Waals surface area contributed by atoms with Crippen LogP contribution in [0.15, 0.2) is 35.1 Å². The van der Waals surface area contributed by atoms with Crippen LogP contribution in [0.1, 0.15) is 5.56 Å². The number of nitrogens with zero attached hydrogens (tertiary/aromatic N) is 2. The fourth-order valence-electron chi connectivity index (χ4n) is 1.28. The predicted octanol–water partition coefficient (Wildman–Crippen LogP) is 3.60. The third-order valence-electron chi connectivity index (χ3n) is 2.04. The Bertz CT molecular complexity index is 465. The van der Waals surface area contributed by atoms with Gasteiger partial charge in [-0.05, 0) is 40.5 Å². The van der Waals surface area contributed by atoms with E-state index in [9.17, 15) is 0 Å². The highest BCUT2D eigenvalue weighted by Crippen LogP contribution is 2.22. The highest BCUT2D eigenvalue weighted by molar-refractivity contribution is 9.10. The summed E-state index contributed by atoms with van der Waals surface area (Å²) in [7, 11) is 0. The summed E-state index contributed by atoms with van der Waals surface area (Å²) in [5.74, 6) is 0. The van der Waals surface area contributed by atoms with Crippen LogP contribution in [0.25, 0.3) is 5.69 Å². The van der Waals surface area contributed by atoms with Gasteiger partial charge >= 0.3 is 0 Å². The lowest BCUT2D eigenvalue weighted by molar-refractivity contribution is 0.873. The van der Waals surface area contributed by atoms with Gasteiger partial charge in [0, 0.05) is 11.2 Å². The molecule has 14 heavy (non-hydrogen) atoms. The second-order valence-electron chi connectivity index (χ2n) is 2.99. The highest BCUT2D eigenvalue weighted by atomic mass is 79.9. The van der Waals surface area contributed by atoms with Crippen molar-refractivity contribution in [3.8, 4) is 5.69 Å². The third-order valence-corrected chi connectivity index (χ3v) is 2.86. The van der Waals surface area contributed by atoms with Crippen LogP contribution in [-0.2, 0) is 0 Å². The molecular formula is C10H8BrClN2. The van der Waals surface area contributed by atoms with Crippen molar-refractivity contribution < 1.29 is 0 Å². The molecule has 1 aromatic heterocycles. The quantitative estimate of drug-likeness (QED) is 0.775. The first-order chi connectivity index (χ1) is 6.68. The summed E-state index contributed by atoms with van der Waals surface area (Å²) in [6, 6.07) is 5.78. The Morgan fingerprint density at radius 3 is 2.86 bits per heavy atom. The fourth-order valence-corrected chi connectivity index (χ4v) is 1.73. The lowest BCUT2D eigenvalue weighted by atomic mass is 10.2. The van der Waals surface area contributed by atoms with E-state index in [1.807, 2.05) is 31.3 Å². The molecule has 1 heterocycles. The SMILES string of the molecule is Cc1c(Cl)cccc1-n1cc(Br)cn1. The van der Waals surface area contributed by atoms with Gasteiger partial charge in [-0.1, -0.05) is 17.7 Å². The van der Waals surface area contributed by atoms with Crippen LogP contribution in [0, 0.1) is 6.92 Å². The lowest BCUT2D eigenvalue weighted by Gasteiger charge is -2.06. The van der Waals surface area contributed by atoms with Gasteiger partial charge in [-0.25, -0.2) is 4.68 Å². The van der Waals surface area contributed by atoms with Crippen molar-refractivity contribution in [2.75, 3.05) is 0 Å². The van der Waals surface area contributed by atoms with Crippen LogP contribution in [-0.4, -0.2) is 9.78 Å². The first kappa shape index (κ1) is 9.74. The van der Waals surface area contributed by atoms with Gasteiger partial charge in [0.05, 0.1) is 16.4 Å². The van der Waals surface area contributed by atoms with Crippen molar-refractivity contribution >= 4 is 27.5 Å². The molecule has 0 saturated heterocycles. The number of halogens is 2. The van der Waals surface area contributed by atoms with Gasteiger partial charge in [0.15, 0.2) is 0 Å². The molecule has 0 N–H and O–H groups in total. The summed E-state index contributed by atoms with van der Waals surface area (Å²) in [5.41, 5.74) is 2.04. The van der Waals surface area contributed by atoms with Gasteiger partial charge in [-0.3, -0.25) is 0 Å². The Labute approximate surface area is 95.6 Å². The molecule has 0 aliphatic heterocycles. The average Bonchev–Trinajstić information content (AvgIpc) is 2.57. The van der Waals surface area contributed by atoms with E-state index in [1.165, 1.54) is 0 Å². The average molecular weight is 272 g/mol. The molecule has 0 fully saturated rings. The molecule has 72 valence electrons. The van der Waals surface area contributed by atoms with Crippen LogP contribution in [0.4, 0.5) is 0 Å². The summed E-state index contributed by atoms with van der Waals surface area (Å²) in [5, 5.41) is 4.96. The number of rotatable bonds is 1. The van der Waals surface area contributed by atoms with Crippen molar-refractivity contribution in [2.24, 2.45) is 0 Å². The molecule has 4 heteroatoms. The molecular weight excluding hydrogens is 263 g/mol. The van der Waals surface area contributed by atoms with E-state index in [2.05, 4.69) is 21.0 Å². The van der Waals surface area contributed by atoms with Crippen molar-refractivity contribution in [3.63, 3.8) is 0 Å². The standard InChI is InChI=1S/C10H8BrClN2/c1-7-9(12)3-2-4-10(7)14-6-8(11)5-13-14/h2-6H,1H3. The van der Waals surface area contributed by atoms with Gasteiger partial charge in [-0.2, -0.15) is 5.10 Å². The van der Waals surface area contributed by atoms with Crippen LogP contribution in [0.3, 0.4) is 0 Å². The summed E-state index contributed by atoms with van der Waals surface area (Å²) in [6.45, 7) is 1.98. The summed E-state index contributed by atoms with van der Waals surface area (Å²) < 4.78 is 2.75. The van der Waals surface area contributed by atoms with Crippen molar-refractivity contribution in [1.29, 1.82) is 0 Å². The number of hydrogen-bond acceptors (Lipinski definition) is 1. The van der Waals surface area contributed by atoms with Gasteiger partial charge in [0.25, 0.3) is 0 Å². The molecule has 0 aliphatic carbocycles. The smallest absolute Gasteiger partial charge is 0.0690 e. The maximum absolute atomic E-state index is 6.02. The van der Waals surface area contributed by atoms with Gasteiger partial charge in [0.1, 0.15) is 0 Å². The summed E-state index contributed by atoms with van der Waals surface area (Å²) >= 11 is 9.37. The monoisotopic (exact) mass is 270 g/mol. The first-order valence-corrected chi connectivity index (χ1v) is 5.31. The minimum atomic E-state index is 0.758. The number of benzene rings is 1. The van der Waals surface area contributed by atoms with Crippen LogP contribution in [0.2, 0.25) is 5.02 Å². The van der Waals surface area contributed by atoms with E-state index in [0.29, 0.717) is 0 Å². The van der Waals surface area contributed by atoms with Crippen molar-refractivity contribution in [3.05, 3.63) is 45.7 Å². The Hall–Kier alpha value is -0.800. The van der Waals surface area contributed by atoms with Crippen LogP contribution < -0.4 is 0 Å². The zero-order chi connectivity index (χ0) is 10.1. The van der Waals surface area contributed by atoms with Gasteiger partial charge < -0.3 is 0 Å². The fraction of sp³-hybridized carbons (Fsp3) is 0.100. The molecule has 0 saturated carbocycles. The van der Waals surface area contributed by atoms with Gasteiger partial charge in [-0.15, -0.1) is 0 Å². The molecule has 2 nitrogen and oxygen atoms in total. The van der Waals surface area contributed by atoms with E-state index in [1.54, 1.807) is 10.9 Å². The molecule has 2 rings (SSSR count). The maximum Gasteiger partial charge on any atom is 0.0690 e. The molecule has 2 aromatic rings. The highest BCUT2D eigenvalue weighted by Gasteiger charge is 2.04. The normalized spacial score (nSPS) is 10.5. The molecule has 1 aromatic carbocycles. The van der Waals surface area contributed by atoms with E-state index >= 15 is 0 Å². The first-order valence-electron chi connectivity index (χ1n) is 4.14. The second kappa shape index (κ2) is 3.75. The van der Waals surface area contributed by atoms with Gasteiger partial charge in [0.2, 0.25) is 0 Å². The maximum atomic E-state index is 6.02. The molecule has 0 bridgehead atoms. The third kappa shape index (κ3) is 1.70. The number of aromatic nitrogens is 2. The molecule has 0 atom stereocenters. The minimum absolute atomic E-state index is 0.758. The topological polar surface area (TPSA) is 17.8 Å². The summed E-state index contributed by atoms with van der Waals surface area (Å²) in [6.07, 6.45) is 3.65. The molecule has 0 radical (unpaired) electrons. The molecule has 0 spiro atoms. The number of hydrogen-bond donors (Lipinski definition) is 0. The zero-order valence-electron chi connectivity index (χ0n) is 7.54. The minimum Gasteiger partial charge on any atom is -0.239 e. The van der Waals surface area contributed by atoms with Crippen LogP contribution in [0.5, 0.6) is 0 Å². The molecule has 0 amide bonds. The van der Waals surface area contributed by atoms with Crippen molar-refractivity contribution in [2.45, 2.75) is 6.92 Å². The van der Waals surface area contributed by atoms with E-state index < -0.39 is 0 Å². The van der Waals surface area contributed by atoms with E-state index in [4.69, 9.17) is 11.6 Å². The predicted molar refractivity (Wildman–Crippen MR) is 61.0 cm³/mol. The van der Waals surface area contributed by atoms with E-state index in [-0.39, 0.29) is 0 Å². The largest absolute Gasteiger partial charge is 0.239 e. The van der Waals surface area contributed by atoms with Crippen molar-refractivity contribution in [1.82, 2.24) is 9.78 Å². The van der Waals surface area contributed by atoms with Crippen LogP contribution >= 0.6 is 27.5 Å². The molecule has 0 unspecified atom stereocenters. The molecule has 0 aliphatic rings. The zero-order valence-corrected chi connectivity index (χ0v) is 9.88. The Morgan fingerprint density at radius 2 is 2.21 bits per heavy atom. The summed E-state index contributed by atoms with van der Waals surface area (Å²) in [4.78, 5) is 0. The lowest BCUT2D eigenvalue weighted by Crippen LogP contribution is -1.97. The van der Waals surface area contributed by atoms with E-state index in [0.717, 1.165) is 20.7 Å².